The first-order chi connectivity index (χ1) is 7.25. The van der Waals surface area contributed by atoms with Gasteiger partial charge in [-0.15, -0.1) is 0 Å². The van der Waals surface area contributed by atoms with Gasteiger partial charge in [0, 0.05) is 38.1 Å². The molecular formula is C11H17ClN2O. The summed E-state index contributed by atoms with van der Waals surface area (Å²) < 4.78 is 7.47. The van der Waals surface area contributed by atoms with Crippen molar-refractivity contribution in [3.05, 3.63) is 23.0 Å². The van der Waals surface area contributed by atoms with Crippen molar-refractivity contribution in [3.8, 4) is 0 Å². The van der Waals surface area contributed by atoms with E-state index in [2.05, 4.69) is 9.88 Å². The summed E-state index contributed by atoms with van der Waals surface area (Å²) in [6.45, 7) is 2.60. The number of halogens is 1. The Morgan fingerprint density at radius 2 is 2.53 bits per heavy atom. The van der Waals surface area contributed by atoms with Crippen LogP contribution in [0.1, 0.15) is 18.5 Å². The van der Waals surface area contributed by atoms with Crippen LogP contribution in [-0.4, -0.2) is 23.8 Å². The molecule has 1 atom stereocenters. The molecule has 0 bridgehead atoms. The van der Waals surface area contributed by atoms with E-state index in [1.807, 2.05) is 19.3 Å². The molecule has 1 aromatic rings. The van der Waals surface area contributed by atoms with Crippen LogP contribution in [0.3, 0.4) is 0 Å². The highest BCUT2D eigenvalue weighted by atomic mass is 35.5. The zero-order chi connectivity index (χ0) is 10.7. The Bertz CT molecular complexity index is 318. The summed E-state index contributed by atoms with van der Waals surface area (Å²) >= 11 is 5.91. The Kier molecular flexibility index (Phi) is 3.67. The molecule has 84 valence electrons. The van der Waals surface area contributed by atoms with Crippen molar-refractivity contribution in [2.45, 2.75) is 25.4 Å². The van der Waals surface area contributed by atoms with Gasteiger partial charge in [-0.05, 0) is 18.9 Å². The SMILES string of the molecule is Cn1cc(Cl)cc1CNC1CCCOC1. The van der Waals surface area contributed by atoms with E-state index in [-0.39, 0.29) is 0 Å². The Labute approximate surface area is 95.4 Å². The second-order valence-corrected chi connectivity index (χ2v) is 4.49. The van der Waals surface area contributed by atoms with Gasteiger partial charge in [0.1, 0.15) is 0 Å². The maximum atomic E-state index is 5.91. The van der Waals surface area contributed by atoms with Gasteiger partial charge in [0.15, 0.2) is 0 Å². The summed E-state index contributed by atoms with van der Waals surface area (Å²) in [7, 11) is 2.01. The van der Waals surface area contributed by atoms with E-state index in [0.717, 1.165) is 31.2 Å². The lowest BCUT2D eigenvalue weighted by Crippen LogP contribution is -2.36. The molecule has 1 aliphatic heterocycles. The molecule has 0 amide bonds. The first-order valence-electron chi connectivity index (χ1n) is 5.37. The highest BCUT2D eigenvalue weighted by Gasteiger charge is 2.13. The average Bonchev–Trinajstić information content (AvgIpc) is 2.56. The number of nitrogens with one attached hydrogen (secondary N) is 1. The van der Waals surface area contributed by atoms with Crippen LogP contribution in [0.5, 0.6) is 0 Å². The molecule has 2 heterocycles. The summed E-state index contributed by atoms with van der Waals surface area (Å²) in [6.07, 6.45) is 4.29. The summed E-state index contributed by atoms with van der Waals surface area (Å²) in [5.41, 5.74) is 1.21. The van der Waals surface area contributed by atoms with E-state index in [1.165, 1.54) is 12.1 Å². The molecule has 1 unspecified atom stereocenters. The fourth-order valence-electron chi connectivity index (χ4n) is 1.89. The number of hydrogen-bond acceptors (Lipinski definition) is 2. The fourth-order valence-corrected chi connectivity index (χ4v) is 2.16. The molecular weight excluding hydrogens is 212 g/mol. The lowest BCUT2D eigenvalue weighted by molar-refractivity contribution is 0.0697. The largest absolute Gasteiger partial charge is 0.380 e. The fraction of sp³-hybridized carbons (Fsp3) is 0.636. The van der Waals surface area contributed by atoms with Gasteiger partial charge in [-0.2, -0.15) is 0 Å². The summed E-state index contributed by atoms with van der Waals surface area (Å²) in [5, 5.41) is 4.29. The molecule has 2 rings (SSSR count). The molecule has 3 nitrogen and oxygen atoms in total. The molecule has 1 fully saturated rings. The van der Waals surface area contributed by atoms with Crippen LogP contribution in [0.25, 0.3) is 0 Å². The molecule has 0 saturated carbocycles. The van der Waals surface area contributed by atoms with Crippen molar-refractivity contribution < 1.29 is 4.74 Å². The second kappa shape index (κ2) is 5.01. The number of hydrogen-bond donors (Lipinski definition) is 1. The zero-order valence-electron chi connectivity index (χ0n) is 9.00. The third-order valence-corrected chi connectivity index (χ3v) is 3.01. The van der Waals surface area contributed by atoms with Gasteiger partial charge in [-0.3, -0.25) is 0 Å². The minimum Gasteiger partial charge on any atom is -0.380 e. The molecule has 0 aromatic carbocycles. The standard InChI is InChI=1S/C11H17ClN2O/c1-14-7-9(12)5-11(14)6-13-10-3-2-4-15-8-10/h5,7,10,13H,2-4,6,8H2,1H3. The number of ether oxygens (including phenoxy) is 1. The van der Waals surface area contributed by atoms with Gasteiger partial charge in [-0.25, -0.2) is 0 Å². The average molecular weight is 229 g/mol. The summed E-state index contributed by atoms with van der Waals surface area (Å²) in [5.74, 6) is 0. The third kappa shape index (κ3) is 2.97. The molecule has 1 N–H and O–H groups in total. The van der Waals surface area contributed by atoms with Gasteiger partial charge in [0.2, 0.25) is 0 Å². The van der Waals surface area contributed by atoms with Crippen LogP contribution >= 0.6 is 11.6 Å². The third-order valence-electron chi connectivity index (χ3n) is 2.81. The molecule has 15 heavy (non-hydrogen) atoms. The molecule has 0 spiro atoms. The van der Waals surface area contributed by atoms with Crippen molar-refractivity contribution >= 4 is 11.6 Å². The predicted octanol–water partition coefficient (Wildman–Crippen LogP) is 1.95. The number of aryl methyl sites for hydroxylation is 1. The zero-order valence-corrected chi connectivity index (χ0v) is 9.76. The Morgan fingerprint density at radius 1 is 1.67 bits per heavy atom. The summed E-state index contributed by atoms with van der Waals surface area (Å²) in [6, 6.07) is 2.49. The highest BCUT2D eigenvalue weighted by Crippen LogP contribution is 2.13. The molecule has 1 saturated heterocycles. The van der Waals surface area contributed by atoms with Gasteiger partial charge in [0.25, 0.3) is 0 Å². The van der Waals surface area contributed by atoms with Crippen molar-refractivity contribution in [2.24, 2.45) is 7.05 Å². The van der Waals surface area contributed by atoms with Crippen molar-refractivity contribution in [1.82, 2.24) is 9.88 Å². The highest BCUT2D eigenvalue weighted by molar-refractivity contribution is 6.30. The predicted molar refractivity (Wildman–Crippen MR) is 61.1 cm³/mol. The maximum Gasteiger partial charge on any atom is 0.0619 e. The normalized spacial score (nSPS) is 21.9. The van der Waals surface area contributed by atoms with Crippen LogP contribution in [0.4, 0.5) is 0 Å². The number of nitrogens with zero attached hydrogens (tertiary/aromatic N) is 1. The Morgan fingerprint density at radius 3 is 3.13 bits per heavy atom. The Hall–Kier alpha value is -0.510. The van der Waals surface area contributed by atoms with Gasteiger partial charge < -0.3 is 14.6 Å². The molecule has 0 radical (unpaired) electrons. The molecule has 0 aliphatic carbocycles. The van der Waals surface area contributed by atoms with E-state index >= 15 is 0 Å². The van der Waals surface area contributed by atoms with Crippen LogP contribution < -0.4 is 5.32 Å². The topological polar surface area (TPSA) is 26.2 Å². The first kappa shape index (κ1) is 11.0. The number of aromatic nitrogens is 1. The van der Waals surface area contributed by atoms with E-state index in [4.69, 9.17) is 16.3 Å². The lowest BCUT2D eigenvalue weighted by atomic mass is 10.1. The van der Waals surface area contributed by atoms with Crippen molar-refractivity contribution in [2.75, 3.05) is 13.2 Å². The Balaban J connectivity index is 1.84. The second-order valence-electron chi connectivity index (χ2n) is 4.06. The quantitative estimate of drug-likeness (QED) is 0.856. The monoisotopic (exact) mass is 228 g/mol. The minimum atomic E-state index is 0.493. The smallest absolute Gasteiger partial charge is 0.0619 e. The molecule has 1 aliphatic rings. The van der Waals surface area contributed by atoms with Crippen LogP contribution in [0, 0.1) is 0 Å². The van der Waals surface area contributed by atoms with Crippen LogP contribution in [0.2, 0.25) is 5.02 Å². The first-order valence-corrected chi connectivity index (χ1v) is 5.75. The van der Waals surface area contributed by atoms with Gasteiger partial charge >= 0.3 is 0 Å². The molecule has 4 heteroatoms. The summed E-state index contributed by atoms with van der Waals surface area (Å²) in [4.78, 5) is 0. The van der Waals surface area contributed by atoms with E-state index in [1.54, 1.807) is 0 Å². The number of rotatable bonds is 3. The van der Waals surface area contributed by atoms with E-state index in [9.17, 15) is 0 Å². The van der Waals surface area contributed by atoms with E-state index in [0.29, 0.717) is 6.04 Å². The van der Waals surface area contributed by atoms with Gasteiger partial charge in [0.05, 0.1) is 11.6 Å². The van der Waals surface area contributed by atoms with Crippen molar-refractivity contribution in [1.29, 1.82) is 0 Å². The van der Waals surface area contributed by atoms with Crippen molar-refractivity contribution in [3.63, 3.8) is 0 Å². The van der Waals surface area contributed by atoms with Crippen LogP contribution in [-0.2, 0) is 18.3 Å². The molecule has 1 aromatic heterocycles. The van der Waals surface area contributed by atoms with Crippen LogP contribution in [0.15, 0.2) is 12.3 Å². The van der Waals surface area contributed by atoms with E-state index < -0.39 is 0 Å². The maximum absolute atomic E-state index is 5.91. The minimum absolute atomic E-state index is 0.493. The lowest BCUT2D eigenvalue weighted by Gasteiger charge is -2.23. The van der Waals surface area contributed by atoms with Gasteiger partial charge in [-0.1, -0.05) is 11.6 Å².